The van der Waals surface area contributed by atoms with E-state index in [1.807, 2.05) is 31.3 Å². The van der Waals surface area contributed by atoms with E-state index in [1.54, 1.807) is 18.4 Å². The fourth-order valence-corrected chi connectivity index (χ4v) is 3.10. The Bertz CT molecular complexity index is 723. The fourth-order valence-electron chi connectivity index (χ4n) is 2.11. The Morgan fingerprint density at radius 2 is 2.05 bits per heavy atom. The van der Waals surface area contributed by atoms with Crippen LogP contribution in [0, 0.1) is 0 Å². The number of nitrogens with zero attached hydrogens (tertiary/aromatic N) is 3. The quantitative estimate of drug-likeness (QED) is 0.785. The molecule has 0 aliphatic rings. The van der Waals surface area contributed by atoms with Gasteiger partial charge in [0.2, 0.25) is 0 Å². The van der Waals surface area contributed by atoms with Gasteiger partial charge in [0.05, 0.1) is 20.9 Å². The molecule has 0 bridgehead atoms. The molecule has 0 saturated carbocycles. The van der Waals surface area contributed by atoms with Crippen molar-refractivity contribution < 1.29 is 4.74 Å². The molecule has 0 amide bonds. The third-order valence-electron chi connectivity index (χ3n) is 3.03. The third-order valence-corrected chi connectivity index (χ3v) is 4.06. The molecule has 5 nitrogen and oxygen atoms in total. The molecule has 0 spiro atoms. The molecule has 6 heteroatoms. The normalized spacial score (nSPS) is 11.0. The van der Waals surface area contributed by atoms with Gasteiger partial charge in [0.1, 0.15) is 12.4 Å². The maximum atomic E-state index is 5.11. The molecular weight excluding hydrogens is 284 g/mol. The van der Waals surface area contributed by atoms with E-state index in [2.05, 4.69) is 26.3 Å². The summed E-state index contributed by atoms with van der Waals surface area (Å²) in [5.74, 6) is 1.48. The Morgan fingerprint density at radius 1 is 1.19 bits per heavy atom. The summed E-state index contributed by atoms with van der Waals surface area (Å²) in [6, 6.07) is 10.1. The highest BCUT2D eigenvalue weighted by Crippen LogP contribution is 2.23. The van der Waals surface area contributed by atoms with Crippen LogP contribution in [-0.4, -0.2) is 29.1 Å². The monoisotopic (exact) mass is 300 g/mol. The molecule has 2 heterocycles. The lowest BCUT2D eigenvalue weighted by Crippen LogP contribution is -2.05. The highest BCUT2D eigenvalue weighted by atomic mass is 32.1. The van der Waals surface area contributed by atoms with E-state index in [0.717, 1.165) is 22.0 Å². The maximum Gasteiger partial charge on any atom is 0.156 e. The largest absolute Gasteiger partial charge is 0.377 e. The molecule has 0 aliphatic heterocycles. The summed E-state index contributed by atoms with van der Waals surface area (Å²) >= 11 is 1.70. The van der Waals surface area contributed by atoms with E-state index in [9.17, 15) is 0 Å². The molecule has 3 aromatic rings. The van der Waals surface area contributed by atoms with Crippen molar-refractivity contribution in [2.75, 3.05) is 19.5 Å². The number of fused-ring (bicyclic) bond motifs is 1. The smallest absolute Gasteiger partial charge is 0.156 e. The third kappa shape index (κ3) is 3.17. The maximum absolute atomic E-state index is 5.11. The number of anilines is 1. The average molecular weight is 300 g/mol. The lowest BCUT2D eigenvalue weighted by atomic mass is 10.3. The number of hydrogen-bond donors (Lipinski definition) is 1. The number of rotatable bonds is 5. The van der Waals surface area contributed by atoms with Crippen molar-refractivity contribution in [3.8, 4) is 0 Å². The molecule has 1 aromatic carbocycles. The Kier molecular flexibility index (Phi) is 4.08. The van der Waals surface area contributed by atoms with E-state index >= 15 is 0 Å². The SMILES string of the molecule is CNc1cc(Cc2nc3ccccc3s2)nc(COC)n1. The van der Waals surface area contributed by atoms with Crippen LogP contribution in [0.25, 0.3) is 10.2 Å². The first-order valence-corrected chi connectivity index (χ1v) is 7.48. The summed E-state index contributed by atoms with van der Waals surface area (Å²) in [7, 11) is 3.49. The predicted octanol–water partition coefficient (Wildman–Crippen LogP) is 2.87. The van der Waals surface area contributed by atoms with Gasteiger partial charge in [0.25, 0.3) is 0 Å². The summed E-state index contributed by atoms with van der Waals surface area (Å²) in [4.78, 5) is 13.5. The first-order chi connectivity index (χ1) is 10.3. The van der Waals surface area contributed by atoms with Gasteiger partial charge in [-0.05, 0) is 12.1 Å². The second-order valence-corrected chi connectivity index (χ2v) is 5.71. The number of benzene rings is 1. The van der Waals surface area contributed by atoms with Crippen molar-refractivity contribution in [1.29, 1.82) is 0 Å². The zero-order chi connectivity index (χ0) is 14.7. The minimum atomic E-state index is 0.405. The number of para-hydroxylation sites is 1. The Balaban J connectivity index is 1.90. The summed E-state index contributed by atoms with van der Waals surface area (Å²) in [5, 5.41) is 4.11. The number of nitrogens with one attached hydrogen (secondary N) is 1. The molecule has 3 rings (SSSR count). The number of thiazole rings is 1. The summed E-state index contributed by atoms with van der Waals surface area (Å²) in [5.41, 5.74) is 1.98. The molecule has 21 heavy (non-hydrogen) atoms. The van der Waals surface area contributed by atoms with E-state index in [1.165, 1.54) is 4.70 Å². The standard InChI is InChI=1S/C15H16N4OS/c1-16-13-7-10(17-14(19-13)9-20-2)8-15-18-11-5-3-4-6-12(11)21-15/h3-7H,8-9H2,1-2H3,(H,16,17,19). The van der Waals surface area contributed by atoms with Crippen molar-refractivity contribution in [2.45, 2.75) is 13.0 Å². The van der Waals surface area contributed by atoms with Gasteiger partial charge >= 0.3 is 0 Å². The van der Waals surface area contributed by atoms with Gasteiger partial charge in [-0.3, -0.25) is 0 Å². The Labute approximate surface area is 127 Å². The number of hydrogen-bond acceptors (Lipinski definition) is 6. The van der Waals surface area contributed by atoms with Crippen molar-refractivity contribution in [2.24, 2.45) is 0 Å². The lowest BCUT2D eigenvalue weighted by Gasteiger charge is -2.06. The highest BCUT2D eigenvalue weighted by Gasteiger charge is 2.08. The molecule has 1 N–H and O–H groups in total. The minimum Gasteiger partial charge on any atom is -0.377 e. The molecule has 0 atom stereocenters. The second kappa shape index (κ2) is 6.15. The van der Waals surface area contributed by atoms with Gasteiger partial charge in [0.15, 0.2) is 5.82 Å². The lowest BCUT2D eigenvalue weighted by molar-refractivity contribution is 0.177. The highest BCUT2D eigenvalue weighted by molar-refractivity contribution is 7.18. The van der Waals surface area contributed by atoms with Crippen LogP contribution in [0.3, 0.4) is 0 Å². The van der Waals surface area contributed by atoms with Gasteiger partial charge in [-0.15, -0.1) is 11.3 Å². The van der Waals surface area contributed by atoms with Crippen molar-refractivity contribution in [1.82, 2.24) is 15.0 Å². The second-order valence-electron chi connectivity index (χ2n) is 4.60. The Morgan fingerprint density at radius 3 is 2.81 bits per heavy atom. The molecule has 2 aromatic heterocycles. The van der Waals surface area contributed by atoms with Gasteiger partial charge in [-0.25, -0.2) is 15.0 Å². The van der Waals surface area contributed by atoms with Crippen LogP contribution in [0.5, 0.6) is 0 Å². The molecule has 0 fully saturated rings. The van der Waals surface area contributed by atoms with Crippen LogP contribution < -0.4 is 5.32 Å². The van der Waals surface area contributed by atoms with Crippen LogP contribution >= 0.6 is 11.3 Å². The van der Waals surface area contributed by atoms with Crippen molar-refractivity contribution in [3.05, 3.63) is 46.9 Å². The van der Waals surface area contributed by atoms with E-state index < -0.39 is 0 Å². The molecule has 0 unspecified atom stereocenters. The first-order valence-electron chi connectivity index (χ1n) is 6.66. The number of methoxy groups -OCH3 is 1. The van der Waals surface area contributed by atoms with E-state index in [0.29, 0.717) is 18.9 Å². The average Bonchev–Trinajstić information content (AvgIpc) is 2.89. The first kappa shape index (κ1) is 13.9. The summed E-state index contributed by atoms with van der Waals surface area (Å²) in [6.45, 7) is 0.405. The van der Waals surface area contributed by atoms with Crippen LogP contribution in [0.4, 0.5) is 5.82 Å². The molecule has 0 aliphatic carbocycles. The van der Waals surface area contributed by atoms with E-state index in [-0.39, 0.29) is 0 Å². The van der Waals surface area contributed by atoms with Gasteiger partial charge in [-0.2, -0.15) is 0 Å². The molecule has 0 saturated heterocycles. The van der Waals surface area contributed by atoms with Crippen LogP contribution in [0.2, 0.25) is 0 Å². The topological polar surface area (TPSA) is 59.9 Å². The molecular formula is C15H16N4OS. The van der Waals surface area contributed by atoms with Gasteiger partial charge in [-0.1, -0.05) is 12.1 Å². The number of aromatic nitrogens is 3. The minimum absolute atomic E-state index is 0.405. The van der Waals surface area contributed by atoms with Crippen molar-refractivity contribution >= 4 is 27.4 Å². The fraction of sp³-hybridized carbons (Fsp3) is 0.267. The van der Waals surface area contributed by atoms with E-state index in [4.69, 9.17) is 4.74 Å². The zero-order valence-corrected chi connectivity index (χ0v) is 12.8. The number of ether oxygens (including phenoxy) is 1. The zero-order valence-electron chi connectivity index (χ0n) is 12.0. The van der Waals surface area contributed by atoms with Gasteiger partial charge in [0, 0.05) is 26.6 Å². The van der Waals surface area contributed by atoms with Crippen LogP contribution in [0.15, 0.2) is 30.3 Å². The molecule has 0 radical (unpaired) electrons. The summed E-state index contributed by atoms with van der Waals surface area (Å²) in [6.07, 6.45) is 0.702. The summed E-state index contributed by atoms with van der Waals surface area (Å²) < 4.78 is 6.32. The van der Waals surface area contributed by atoms with Crippen LogP contribution in [-0.2, 0) is 17.8 Å². The van der Waals surface area contributed by atoms with Crippen molar-refractivity contribution in [3.63, 3.8) is 0 Å². The Hall–Kier alpha value is -2.05. The predicted molar refractivity (Wildman–Crippen MR) is 84.7 cm³/mol. The van der Waals surface area contributed by atoms with Crippen LogP contribution in [0.1, 0.15) is 16.5 Å². The van der Waals surface area contributed by atoms with Gasteiger partial charge < -0.3 is 10.1 Å². The molecule has 108 valence electrons.